The van der Waals surface area contributed by atoms with Gasteiger partial charge in [0.1, 0.15) is 12.9 Å². The van der Waals surface area contributed by atoms with E-state index in [1.54, 1.807) is 17.9 Å². The van der Waals surface area contributed by atoms with Gasteiger partial charge in [0.2, 0.25) is 4.73 Å². The monoisotopic (exact) mass is 199 g/mol. The molecule has 0 aromatic carbocycles. The third-order valence-corrected chi connectivity index (χ3v) is 1.29. The quantitative estimate of drug-likeness (QED) is 0.634. The normalized spacial score (nSPS) is 8.60. The van der Waals surface area contributed by atoms with Crippen LogP contribution in [0.4, 0.5) is 0 Å². The Balaban J connectivity index is 2.64. The predicted octanol–water partition coefficient (Wildman–Crippen LogP) is 1.06. The van der Waals surface area contributed by atoms with Crippen molar-refractivity contribution in [3.63, 3.8) is 0 Å². The molecule has 0 spiro atoms. The SMILES string of the molecule is CC#CCn1cnc(Br)n1. The second-order valence-electron chi connectivity index (χ2n) is 1.64. The first kappa shape index (κ1) is 7.29. The summed E-state index contributed by atoms with van der Waals surface area (Å²) in [5.74, 6) is 5.64. The van der Waals surface area contributed by atoms with Gasteiger partial charge in [0.25, 0.3) is 0 Å². The van der Waals surface area contributed by atoms with Crippen LogP contribution in [0, 0.1) is 11.8 Å². The minimum absolute atomic E-state index is 0.602. The fourth-order valence-electron chi connectivity index (χ4n) is 0.508. The van der Waals surface area contributed by atoms with E-state index in [4.69, 9.17) is 0 Å². The Morgan fingerprint density at radius 1 is 1.80 bits per heavy atom. The largest absolute Gasteiger partial charge is 0.240 e. The Labute approximate surface area is 67.6 Å². The molecule has 10 heavy (non-hydrogen) atoms. The molecule has 0 fully saturated rings. The Morgan fingerprint density at radius 3 is 3.10 bits per heavy atom. The molecular formula is C6H6BrN3. The molecule has 1 aromatic rings. The molecule has 0 aliphatic heterocycles. The topological polar surface area (TPSA) is 30.7 Å². The molecule has 0 radical (unpaired) electrons. The lowest BCUT2D eigenvalue weighted by Crippen LogP contribution is -1.94. The third kappa shape index (κ3) is 1.85. The summed E-state index contributed by atoms with van der Waals surface area (Å²) in [4.78, 5) is 3.87. The molecule has 0 N–H and O–H groups in total. The molecule has 3 nitrogen and oxygen atoms in total. The molecule has 0 saturated heterocycles. The van der Waals surface area contributed by atoms with Crippen molar-refractivity contribution in [2.45, 2.75) is 13.5 Å². The first-order valence-corrected chi connectivity index (χ1v) is 3.57. The summed E-state index contributed by atoms with van der Waals surface area (Å²) in [6.45, 7) is 2.40. The first-order chi connectivity index (χ1) is 4.83. The highest BCUT2D eigenvalue weighted by atomic mass is 79.9. The predicted molar refractivity (Wildman–Crippen MR) is 41.2 cm³/mol. The Hall–Kier alpha value is -0.820. The molecule has 0 amide bonds. The van der Waals surface area contributed by atoms with Gasteiger partial charge < -0.3 is 0 Å². The molecule has 1 aromatic heterocycles. The Kier molecular flexibility index (Phi) is 2.46. The zero-order chi connectivity index (χ0) is 7.40. The number of aromatic nitrogens is 3. The van der Waals surface area contributed by atoms with Crippen LogP contribution < -0.4 is 0 Å². The van der Waals surface area contributed by atoms with Crippen molar-refractivity contribution in [1.82, 2.24) is 14.8 Å². The van der Waals surface area contributed by atoms with Gasteiger partial charge in [0, 0.05) is 0 Å². The fraction of sp³-hybridized carbons (Fsp3) is 0.333. The van der Waals surface area contributed by atoms with Gasteiger partial charge in [-0.3, -0.25) is 0 Å². The second-order valence-corrected chi connectivity index (χ2v) is 2.35. The molecule has 0 aliphatic rings. The van der Waals surface area contributed by atoms with Crippen molar-refractivity contribution in [3.8, 4) is 11.8 Å². The van der Waals surface area contributed by atoms with Crippen LogP contribution in [0.25, 0.3) is 0 Å². The van der Waals surface area contributed by atoms with Crippen molar-refractivity contribution < 1.29 is 0 Å². The van der Waals surface area contributed by atoms with Gasteiger partial charge in [-0.05, 0) is 22.9 Å². The van der Waals surface area contributed by atoms with Crippen molar-refractivity contribution in [3.05, 3.63) is 11.1 Å². The van der Waals surface area contributed by atoms with Crippen LogP contribution in [-0.4, -0.2) is 14.8 Å². The summed E-state index contributed by atoms with van der Waals surface area (Å²) < 4.78 is 2.27. The second kappa shape index (κ2) is 3.37. The molecule has 4 heteroatoms. The highest BCUT2D eigenvalue weighted by Gasteiger charge is 1.91. The van der Waals surface area contributed by atoms with Crippen molar-refractivity contribution >= 4 is 15.9 Å². The molecule has 52 valence electrons. The standard InChI is InChI=1S/C6H6BrN3/c1-2-3-4-10-5-8-6(7)9-10/h5H,4H2,1H3. The number of rotatable bonds is 1. The summed E-state index contributed by atoms with van der Waals surface area (Å²) >= 11 is 3.13. The van der Waals surface area contributed by atoms with Gasteiger partial charge in [-0.1, -0.05) is 5.92 Å². The summed E-state index contributed by atoms with van der Waals surface area (Å²) in [5, 5.41) is 3.97. The number of halogens is 1. The smallest absolute Gasteiger partial charge is 0.217 e. The average Bonchev–Trinajstić information content (AvgIpc) is 2.31. The average molecular weight is 200 g/mol. The highest BCUT2D eigenvalue weighted by molar-refractivity contribution is 9.10. The molecular weight excluding hydrogens is 194 g/mol. The van der Waals surface area contributed by atoms with E-state index in [0.717, 1.165) is 0 Å². The van der Waals surface area contributed by atoms with Crippen molar-refractivity contribution in [1.29, 1.82) is 0 Å². The Morgan fingerprint density at radius 2 is 2.60 bits per heavy atom. The fourth-order valence-corrected chi connectivity index (χ4v) is 0.803. The number of hydrogen-bond acceptors (Lipinski definition) is 2. The minimum Gasteiger partial charge on any atom is -0.240 e. The van der Waals surface area contributed by atoms with Crippen LogP contribution in [0.3, 0.4) is 0 Å². The van der Waals surface area contributed by atoms with Gasteiger partial charge in [-0.25, -0.2) is 9.67 Å². The van der Waals surface area contributed by atoms with Gasteiger partial charge in [-0.2, -0.15) is 0 Å². The van der Waals surface area contributed by atoms with Crippen molar-refractivity contribution in [2.75, 3.05) is 0 Å². The first-order valence-electron chi connectivity index (χ1n) is 2.77. The van der Waals surface area contributed by atoms with Crippen LogP contribution in [0.1, 0.15) is 6.92 Å². The maximum Gasteiger partial charge on any atom is 0.217 e. The van der Waals surface area contributed by atoms with Crippen molar-refractivity contribution in [2.24, 2.45) is 0 Å². The summed E-state index contributed by atoms with van der Waals surface area (Å²) in [6.07, 6.45) is 1.63. The van der Waals surface area contributed by atoms with Gasteiger partial charge in [-0.15, -0.1) is 11.0 Å². The van der Waals surface area contributed by atoms with E-state index in [1.165, 1.54) is 0 Å². The summed E-state index contributed by atoms with van der Waals surface area (Å²) in [7, 11) is 0. The maximum absolute atomic E-state index is 3.97. The molecule has 0 atom stereocenters. The van der Waals surface area contributed by atoms with E-state index in [2.05, 4.69) is 37.9 Å². The highest BCUT2D eigenvalue weighted by Crippen LogP contribution is 1.97. The zero-order valence-corrected chi connectivity index (χ0v) is 7.09. The Bertz CT molecular complexity index is 268. The van der Waals surface area contributed by atoms with E-state index in [1.807, 2.05) is 0 Å². The number of nitrogens with zero attached hydrogens (tertiary/aromatic N) is 3. The zero-order valence-electron chi connectivity index (χ0n) is 5.50. The van der Waals surface area contributed by atoms with Gasteiger partial charge >= 0.3 is 0 Å². The molecule has 1 rings (SSSR count). The lowest BCUT2D eigenvalue weighted by Gasteiger charge is -1.86. The summed E-state index contributed by atoms with van der Waals surface area (Å²) in [5.41, 5.74) is 0. The minimum atomic E-state index is 0.602. The summed E-state index contributed by atoms with van der Waals surface area (Å²) in [6, 6.07) is 0. The van der Waals surface area contributed by atoms with Crippen LogP contribution in [0.15, 0.2) is 11.1 Å². The lowest BCUT2D eigenvalue weighted by molar-refractivity contribution is 0.708. The molecule has 0 bridgehead atoms. The van der Waals surface area contributed by atoms with Crippen LogP contribution in [0.2, 0.25) is 0 Å². The van der Waals surface area contributed by atoms with E-state index in [-0.39, 0.29) is 0 Å². The van der Waals surface area contributed by atoms with Gasteiger partial charge in [0.15, 0.2) is 0 Å². The van der Waals surface area contributed by atoms with E-state index in [0.29, 0.717) is 11.3 Å². The van der Waals surface area contributed by atoms with Crippen LogP contribution >= 0.6 is 15.9 Å². The molecule has 0 saturated carbocycles. The molecule has 0 unspecified atom stereocenters. The number of hydrogen-bond donors (Lipinski definition) is 0. The molecule has 0 aliphatic carbocycles. The van der Waals surface area contributed by atoms with Crippen LogP contribution in [-0.2, 0) is 6.54 Å². The lowest BCUT2D eigenvalue weighted by atomic mass is 10.6. The van der Waals surface area contributed by atoms with Gasteiger partial charge in [0.05, 0.1) is 0 Å². The molecule has 1 heterocycles. The maximum atomic E-state index is 3.97. The van der Waals surface area contributed by atoms with E-state index in [9.17, 15) is 0 Å². The van der Waals surface area contributed by atoms with E-state index >= 15 is 0 Å². The van der Waals surface area contributed by atoms with Crippen LogP contribution in [0.5, 0.6) is 0 Å². The third-order valence-electron chi connectivity index (χ3n) is 0.926. The van der Waals surface area contributed by atoms with E-state index < -0.39 is 0 Å².